The first kappa shape index (κ1) is 26.3. The van der Waals surface area contributed by atoms with E-state index in [0.717, 1.165) is 6.26 Å². The molecule has 1 aliphatic rings. The third-order valence-corrected chi connectivity index (χ3v) is 6.05. The van der Waals surface area contributed by atoms with Gasteiger partial charge in [-0.05, 0) is 17.7 Å². The molecule has 0 unspecified atom stereocenters. The fraction of sp³-hybridized carbons (Fsp3) is 0.375. The van der Waals surface area contributed by atoms with Crippen LogP contribution in [0.3, 0.4) is 0 Å². The molecule has 2 heterocycles. The maximum atomic E-state index is 13.4. The number of phenolic OH excluding ortho intramolecular Hbond substituents is 2. The fourth-order valence-electron chi connectivity index (χ4n) is 4.05. The van der Waals surface area contributed by atoms with Crippen LogP contribution in [0, 0.1) is 0 Å². The summed E-state index contributed by atoms with van der Waals surface area (Å²) in [5, 5.41) is 60.5. The largest absolute Gasteiger partial charge is 0.504 e. The Balaban J connectivity index is 1.81. The zero-order valence-electron chi connectivity index (χ0n) is 19.9. The van der Waals surface area contributed by atoms with E-state index in [4.69, 9.17) is 28.1 Å². The predicted octanol–water partition coefficient (Wildman–Crippen LogP) is 0.0757. The lowest BCUT2D eigenvalue weighted by Gasteiger charge is -2.39. The van der Waals surface area contributed by atoms with Crippen molar-refractivity contribution in [2.75, 3.05) is 27.9 Å². The summed E-state index contributed by atoms with van der Waals surface area (Å²) in [6, 6.07) is 3.99. The smallest absolute Gasteiger partial charge is 0.229 e. The van der Waals surface area contributed by atoms with Gasteiger partial charge < -0.3 is 58.7 Å². The van der Waals surface area contributed by atoms with Crippen LogP contribution >= 0.6 is 0 Å². The van der Waals surface area contributed by atoms with E-state index in [1.807, 2.05) is 0 Å². The predicted molar refractivity (Wildman–Crippen MR) is 125 cm³/mol. The molecule has 0 radical (unpaired) electrons. The first-order chi connectivity index (χ1) is 17.7. The number of rotatable bonds is 7. The molecule has 2 aromatic carbocycles. The molecule has 1 fully saturated rings. The van der Waals surface area contributed by atoms with Crippen LogP contribution in [0.15, 0.2) is 33.7 Å². The third kappa shape index (κ3) is 4.47. The first-order valence-electron chi connectivity index (χ1n) is 10.9. The number of hydrogen-bond acceptors (Lipinski definition) is 13. The molecule has 37 heavy (non-hydrogen) atoms. The molecular weight excluding hydrogens is 496 g/mol. The highest BCUT2D eigenvalue weighted by molar-refractivity contribution is 5.91. The average molecular weight is 522 g/mol. The fourth-order valence-corrected chi connectivity index (χ4v) is 4.05. The normalized spacial score (nSPS) is 23.6. The monoisotopic (exact) mass is 522 g/mol. The van der Waals surface area contributed by atoms with Crippen LogP contribution in [0.5, 0.6) is 34.5 Å². The van der Waals surface area contributed by atoms with Crippen LogP contribution in [0.4, 0.5) is 0 Å². The standard InChI is InChI=1S/C24H26O13/c1-32-12-4-9(5-13(33-2)18(12)27)10-8-35-11-6-14(23(34-3)20(29)16(11)17(10)26)36-24-22(31)21(30)19(28)15(7-25)37-24/h4-6,8,15,19,21-22,24-25,27-31H,7H2,1-3H3/t15-,19+,21-,22+,24+/m0/s1. The van der Waals surface area contributed by atoms with Crippen molar-refractivity contribution in [1.82, 2.24) is 0 Å². The quantitative estimate of drug-likeness (QED) is 0.244. The van der Waals surface area contributed by atoms with Gasteiger partial charge in [-0.25, -0.2) is 0 Å². The number of aromatic hydroxyl groups is 2. The molecule has 0 spiro atoms. The van der Waals surface area contributed by atoms with E-state index in [0.29, 0.717) is 0 Å². The van der Waals surface area contributed by atoms with Crippen molar-refractivity contribution in [3.05, 3.63) is 34.7 Å². The van der Waals surface area contributed by atoms with Gasteiger partial charge in [-0.1, -0.05) is 0 Å². The van der Waals surface area contributed by atoms with Crippen molar-refractivity contribution in [1.29, 1.82) is 0 Å². The minimum absolute atomic E-state index is 0.00375. The number of methoxy groups -OCH3 is 3. The molecule has 1 aromatic heterocycles. The molecule has 0 bridgehead atoms. The van der Waals surface area contributed by atoms with E-state index >= 15 is 0 Å². The Morgan fingerprint density at radius 1 is 0.865 bits per heavy atom. The second-order valence-electron chi connectivity index (χ2n) is 8.15. The highest BCUT2D eigenvalue weighted by Crippen LogP contribution is 2.44. The summed E-state index contributed by atoms with van der Waals surface area (Å²) in [7, 11) is 3.85. The van der Waals surface area contributed by atoms with Gasteiger partial charge >= 0.3 is 0 Å². The van der Waals surface area contributed by atoms with Crippen LogP contribution in [-0.2, 0) is 4.74 Å². The second-order valence-corrected chi connectivity index (χ2v) is 8.15. The molecule has 5 atom stereocenters. The summed E-state index contributed by atoms with van der Waals surface area (Å²) in [6.07, 6.45) is -6.71. The molecule has 3 aromatic rings. The second kappa shape index (κ2) is 10.3. The molecule has 4 rings (SSSR count). The van der Waals surface area contributed by atoms with Crippen LogP contribution in [0.1, 0.15) is 0 Å². The van der Waals surface area contributed by atoms with E-state index in [1.54, 1.807) is 0 Å². The van der Waals surface area contributed by atoms with Gasteiger partial charge in [0.2, 0.25) is 23.2 Å². The Morgan fingerprint density at radius 2 is 1.51 bits per heavy atom. The molecule has 200 valence electrons. The maximum absolute atomic E-state index is 13.4. The Kier molecular flexibility index (Phi) is 7.34. The minimum atomic E-state index is -1.73. The van der Waals surface area contributed by atoms with Gasteiger partial charge in [-0.2, -0.15) is 0 Å². The van der Waals surface area contributed by atoms with Gasteiger partial charge in [0.25, 0.3) is 0 Å². The summed E-state index contributed by atoms with van der Waals surface area (Å²) in [5.41, 5.74) is -0.512. The number of hydrogen-bond donors (Lipinski definition) is 6. The highest BCUT2D eigenvalue weighted by atomic mass is 16.7. The molecular formula is C24H26O13. The van der Waals surface area contributed by atoms with Crippen molar-refractivity contribution in [2.45, 2.75) is 30.7 Å². The highest BCUT2D eigenvalue weighted by Gasteiger charge is 2.45. The summed E-state index contributed by atoms with van der Waals surface area (Å²) in [4.78, 5) is 13.4. The Hall–Kier alpha value is -3.75. The molecule has 1 saturated heterocycles. The Bertz CT molecular complexity index is 1320. The maximum Gasteiger partial charge on any atom is 0.229 e. The van der Waals surface area contributed by atoms with Crippen molar-refractivity contribution in [3.8, 4) is 45.6 Å². The molecule has 0 amide bonds. The summed E-state index contributed by atoms with van der Waals surface area (Å²) < 4.78 is 32.0. The summed E-state index contributed by atoms with van der Waals surface area (Å²) >= 11 is 0. The van der Waals surface area contributed by atoms with E-state index in [2.05, 4.69) is 0 Å². The average Bonchev–Trinajstić information content (AvgIpc) is 2.89. The van der Waals surface area contributed by atoms with Crippen LogP contribution < -0.4 is 24.4 Å². The van der Waals surface area contributed by atoms with Crippen molar-refractivity contribution >= 4 is 11.0 Å². The van der Waals surface area contributed by atoms with Crippen molar-refractivity contribution in [3.63, 3.8) is 0 Å². The number of phenols is 2. The Labute approximate surface area is 209 Å². The van der Waals surface area contributed by atoms with E-state index in [9.17, 15) is 35.4 Å². The number of aliphatic hydroxyl groups excluding tert-OH is 4. The number of ether oxygens (including phenoxy) is 5. The van der Waals surface area contributed by atoms with Gasteiger partial charge in [0.05, 0.1) is 33.5 Å². The van der Waals surface area contributed by atoms with Gasteiger partial charge in [-0.3, -0.25) is 4.79 Å². The number of fused-ring (bicyclic) bond motifs is 1. The summed E-state index contributed by atoms with van der Waals surface area (Å²) in [5.74, 6) is -1.36. The van der Waals surface area contributed by atoms with E-state index in [-0.39, 0.29) is 50.8 Å². The van der Waals surface area contributed by atoms with Crippen LogP contribution in [-0.4, -0.2) is 89.3 Å². The van der Waals surface area contributed by atoms with Gasteiger partial charge in [-0.15, -0.1) is 0 Å². The zero-order valence-corrected chi connectivity index (χ0v) is 19.9. The van der Waals surface area contributed by atoms with E-state index < -0.39 is 48.5 Å². The molecule has 13 heteroatoms. The third-order valence-electron chi connectivity index (χ3n) is 6.05. The molecule has 0 saturated carbocycles. The SMILES string of the molecule is COc1cc(-c2coc3cc(O[C@@H]4O[C@@H](CO)[C@@H](O)[C@H](O)[C@H]4O)c(OC)c(O)c3c2=O)cc(OC)c1O. The Morgan fingerprint density at radius 3 is 2.08 bits per heavy atom. The first-order valence-corrected chi connectivity index (χ1v) is 10.9. The molecule has 6 N–H and O–H groups in total. The van der Waals surface area contributed by atoms with Crippen LogP contribution in [0.2, 0.25) is 0 Å². The lowest BCUT2D eigenvalue weighted by molar-refractivity contribution is -0.277. The minimum Gasteiger partial charge on any atom is -0.504 e. The van der Waals surface area contributed by atoms with Crippen molar-refractivity contribution < 1.29 is 58.7 Å². The van der Waals surface area contributed by atoms with Crippen molar-refractivity contribution in [2.24, 2.45) is 0 Å². The van der Waals surface area contributed by atoms with Gasteiger partial charge in [0.15, 0.2) is 23.0 Å². The number of aliphatic hydroxyl groups is 4. The topological polar surface area (TPSA) is 198 Å². The van der Waals surface area contributed by atoms with Gasteiger partial charge in [0.1, 0.15) is 41.6 Å². The molecule has 1 aliphatic heterocycles. The number of benzene rings is 2. The lowest BCUT2D eigenvalue weighted by atomic mass is 9.99. The van der Waals surface area contributed by atoms with E-state index in [1.165, 1.54) is 39.5 Å². The zero-order chi connectivity index (χ0) is 27.0. The molecule has 13 nitrogen and oxygen atoms in total. The van der Waals surface area contributed by atoms with Crippen LogP contribution in [0.25, 0.3) is 22.1 Å². The lowest BCUT2D eigenvalue weighted by Crippen LogP contribution is -2.60. The van der Waals surface area contributed by atoms with Gasteiger partial charge in [0, 0.05) is 6.07 Å². The molecule has 0 aliphatic carbocycles. The summed E-state index contributed by atoms with van der Waals surface area (Å²) in [6.45, 7) is -0.671.